The Morgan fingerprint density at radius 1 is 0.949 bits per heavy atom. The number of carbonyl (C=O) groups excluding carboxylic acids is 1. The van der Waals surface area contributed by atoms with E-state index in [2.05, 4.69) is 9.80 Å². The number of methoxy groups -OCH3 is 1. The lowest BCUT2D eigenvalue weighted by Crippen LogP contribution is -2.52. The molecule has 4 rings (SSSR count). The highest BCUT2D eigenvalue weighted by molar-refractivity contribution is 7.89. The van der Waals surface area contributed by atoms with Gasteiger partial charge in [-0.1, -0.05) is 12.8 Å². The number of benzene rings is 1. The molecule has 1 heterocycles. The van der Waals surface area contributed by atoms with Crippen LogP contribution in [0.3, 0.4) is 0 Å². The smallest absolute Gasteiger partial charge is 0.248 e. The standard InChI is InChI=1S/C29H48N4O5S/c1-22-18-27(37-5)19-23(2)29(22)39(35,36)30(3)16-17-38-21-28(34)31(4)25-10-11-26(20-25)33-14-12-32(13-15-33)24-8-6-7-9-24/h18-19,24-26H,6-17,20-21H2,1-5H3/t25-,26?/m0/s1. The van der Waals surface area contributed by atoms with Gasteiger partial charge in [0.25, 0.3) is 0 Å². The molecule has 1 aliphatic heterocycles. The number of nitrogens with zero attached hydrogens (tertiary/aromatic N) is 4. The van der Waals surface area contributed by atoms with Gasteiger partial charge in [-0.15, -0.1) is 0 Å². The van der Waals surface area contributed by atoms with Crippen molar-refractivity contribution >= 4 is 15.9 Å². The van der Waals surface area contributed by atoms with E-state index in [0.29, 0.717) is 22.9 Å². The van der Waals surface area contributed by atoms with Crippen molar-refractivity contribution in [1.82, 2.24) is 19.0 Å². The molecule has 3 aliphatic rings. The van der Waals surface area contributed by atoms with Gasteiger partial charge in [-0.25, -0.2) is 8.42 Å². The Hall–Kier alpha value is -1.72. The van der Waals surface area contributed by atoms with E-state index in [1.807, 2.05) is 11.9 Å². The summed E-state index contributed by atoms with van der Waals surface area (Å²) in [6, 6.07) is 5.05. The average molecular weight is 565 g/mol. The molecule has 0 N–H and O–H groups in total. The number of carbonyl (C=O) groups is 1. The highest BCUT2D eigenvalue weighted by Crippen LogP contribution is 2.30. The molecule has 220 valence electrons. The largest absolute Gasteiger partial charge is 0.497 e. The van der Waals surface area contributed by atoms with Crippen molar-refractivity contribution in [1.29, 1.82) is 0 Å². The van der Waals surface area contributed by atoms with E-state index in [1.54, 1.807) is 40.1 Å². The summed E-state index contributed by atoms with van der Waals surface area (Å²) in [6.07, 6.45) is 8.70. The number of aryl methyl sites for hydroxylation is 2. The SMILES string of the molecule is COc1cc(C)c(S(=O)(=O)N(C)CCOCC(=O)N(C)[C@H]2CCC(N3CCN(C4CCCC4)CC3)C2)c(C)c1. The van der Waals surface area contributed by atoms with Crippen LogP contribution in [0.25, 0.3) is 0 Å². The first-order valence-corrected chi connectivity index (χ1v) is 16.0. The molecule has 1 aromatic rings. The van der Waals surface area contributed by atoms with Crippen LogP contribution in [0, 0.1) is 13.8 Å². The minimum Gasteiger partial charge on any atom is -0.497 e. The number of rotatable bonds is 11. The second-order valence-electron chi connectivity index (χ2n) is 11.6. The molecule has 3 fully saturated rings. The van der Waals surface area contributed by atoms with E-state index in [9.17, 15) is 13.2 Å². The molecule has 0 aromatic heterocycles. The topological polar surface area (TPSA) is 82.6 Å². The van der Waals surface area contributed by atoms with E-state index >= 15 is 0 Å². The Kier molecular flexibility index (Phi) is 10.3. The zero-order chi connectivity index (χ0) is 28.2. The molecule has 0 bridgehead atoms. The molecule has 1 unspecified atom stereocenters. The predicted molar refractivity (Wildman–Crippen MR) is 153 cm³/mol. The van der Waals surface area contributed by atoms with E-state index in [4.69, 9.17) is 9.47 Å². The van der Waals surface area contributed by atoms with Crippen molar-refractivity contribution in [2.24, 2.45) is 0 Å². The Labute approximate surface area is 235 Å². The quantitative estimate of drug-likeness (QED) is 0.382. The van der Waals surface area contributed by atoms with Gasteiger partial charge in [0, 0.05) is 64.9 Å². The van der Waals surface area contributed by atoms with E-state index in [0.717, 1.165) is 38.4 Å². The molecule has 2 aliphatic carbocycles. The number of amides is 1. The van der Waals surface area contributed by atoms with Crippen molar-refractivity contribution in [2.45, 2.75) is 81.8 Å². The number of hydrogen-bond donors (Lipinski definition) is 0. The molecule has 39 heavy (non-hydrogen) atoms. The van der Waals surface area contributed by atoms with Crippen molar-refractivity contribution in [3.63, 3.8) is 0 Å². The fourth-order valence-electron chi connectivity index (χ4n) is 6.72. The van der Waals surface area contributed by atoms with Gasteiger partial charge in [-0.2, -0.15) is 4.31 Å². The second-order valence-corrected chi connectivity index (χ2v) is 13.6. The molecular weight excluding hydrogens is 516 g/mol. The van der Waals surface area contributed by atoms with Crippen LogP contribution in [0.4, 0.5) is 0 Å². The fourth-order valence-corrected chi connectivity index (χ4v) is 8.28. The Morgan fingerprint density at radius 2 is 1.54 bits per heavy atom. The van der Waals surface area contributed by atoms with Crippen LogP contribution in [0.1, 0.15) is 56.1 Å². The van der Waals surface area contributed by atoms with Crippen LogP contribution in [0.2, 0.25) is 0 Å². The van der Waals surface area contributed by atoms with Crippen LogP contribution in [0.5, 0.6) is 5.75 Å². The average Bonchev–Trinajstić information content (AvgIpc) is 3.63. The van der Waals surface area contributed by atoms with Gasteiger partial charge >= 0.3 is 0 Å². The van der Waals surface area contributed by atoms with Gasteiger partial charge in [-0.05, 0) is 69.2 Å². The molecule has 2 saturated carbocycles. The zero-order valence-electron chi connectivity index (χ0n) is 24.5. The molecule has 1 saturated heterocycles. The van der Waals surface area contributed by atoms with Gasteiger partial charge in [-0.3, -0.25) is 14.6 Å². The monoisotopic (exact) mass is 564 g/mol. The van der Waals surface area contributed by atoms with Crippen molar-refractivity contribution in [2.75, 3.05) is 67.1 Å². The van der Waals surface area contributed by atoms with E-state index < -0.39 is 10.0 Å². The first-order valence-electron chi connectivity index (χ1n) is 14.5. The van der Waals surface area contributed by atoms with E-state index in [-0.39, 0.29) is 36.6 Å². The summed E-state index contributed by atoms with van der Waals surface area (Å²) in [5.41, 5.74) is 1.28. The normalized spacial score (nSPS) is 23.5. The molecule has 9 nitrogen and oxygen atoms in total. The number of hydrogen-bond acceptors (Lipinski definition) is 7. The Bertz CT molecular complexity index is 1060. The summed E-state index contributed by atoms with van der Waals surface area (Å²) in [4.78, 5) is 20.3. The minimum absolute atomic E-state index is 0.0355. The predicted octanol–water partition coefficient (Wildman–Crippen LogP) is 2.89. The molecule has 0 radical (unpaired) electrons. The highest BCUT2D eigenvalue weighted by atomic mass is 32.2. The van der Waals surface area contributed by atoms with E-state index in [1.165, 1.54) is 43.1 Å². The first-order chi connectivity index (χ1) is 18.6. The van der Waals surface area contributed by atoms with Gasteiger partial charge in [0.2, 0.25) is 15.9 Å². The number of likely N-dealkylation sites (N-methyl/N-ethyl adjacent to an activating group) is 2. The van der Waals surface area contributed by atoms with Crippen LogP contribution >= 0.6 is 0 Å². The minimum atomic E-state index is -3.69. The van der Waals surface area contributed by atoms with Crippen LogP contribution in [-0.4, -0.2) is 119 Å². The first kappa shape index (κ1) is 30.2. The lowest BCUT2D eigenvalue weighted by atomic mass is 10.1. The van der Waals surface area contributed by atoms with Crippen LogP contribution in [-0.2, 0) is 19.6 Å². The van der Waals surface area contributed by atoms with Crippen LogP contribution in [0.15, 0.2) is 17.0 Å². The fraction of sp³-hybridized carbons (Fsp3) is 0.759. The number of sulfonamides is 1. The Balaban J connectivity index is 1.18. The van der Waals surface area contributed by atoms with Gasteiger partial charge in [0.05, 0.1) is 18.6 Å². The second kappa shape index (κ2) is 13.3. The van der Waals surface area contributed by atoms with Gasteiger partial charge in [0.1, 0.15) is 12.4 Å². The lowest BCUT2D eigenvalue weighted by molar-refractivity contribution is -0.136. The Morgan fingerprint density at radius 3 is 2.13 bits per heavy atom. The number of piperazine rings is 1. The van der Waals surface area contributed by atoms with Crippen molar-refractivity contribution < 1.29 is 22.7 Å². The summed E-state index contributed by atoms with van der Waals surface area (Å²) in [6.45, 7) is 8.46. The van der Waals surface area contributed by atoms with Crippen LogP contribution < -0.4 is 4.74 Å². The maximum absolute atomic E-state index is 13.2. The van der Waals surface area contributed by atoms with Gasteiger partial charge in [0.15, 0.2) is 0 Å². The van der Waals surface area contributed by atoms with Gasteiger partial charge < -0.3 is 14.4 Å². The third-order valence-electron chi connectivity index (χ3n) is 9.14. The summed E-state index contributed by atoms with van der Waals surface area (Å²) in [7, 11) is 1.30. The van der Waals surface area contributed by atoms with Crippen molar-refractivity contribution in [3.8, 4) is 5.75 Å². The summed E-state index contributed by atoms with van der Waals surface area (Å²) in [5, 5.41) is 0. The number of ether oxygens (including phenoxy) is 2. The third-order valence-corrected chi connectivity index (χ3v) is 11.3. The highest BCUT2D eigenvalue weighted by Gasteiger charge is 2.35. The summed E-state index contributed by atoms with van der Waals surface area (Å²) in [5.74, 6) is 0.590. The summed E-state index contributed by atoms with van der Waals surface area (Å²) < 4.78 is 38.5. The molecule has 1 amide bonds. The van der Waals surface area contributed by atoms with Crippen molar-refractivity contribution in [3.05, 3.63) is 23.3 Å². The summed E-state index contributed by atoms with van der Waals surface area (Å²) >= 11 is 0. The molecule has 0 spiro atoms. The maximum atomic E-state index is 13.2. The third kappa shape index (κ3) is 7.14. The zero-order valence-corrected chi connectivity index (χ0v) is 25.3. The molecule has 2 atom stereocenters. The molecule has 10 heteroatoms. The molecule has 1 aromatic carbocycles. The maximum Gasteiger partial charge on any atom is 0.248 e. The molecular formula is C29H48N4O5S. The lowest BCUT2D eigenvalue weighted by Gasteiger charge is -2.40.